The van der Waals surface area contributed by atoms with Gasteiger partial charge in [0.15, 0.2) is 0 Å². The van der Waals surface area contributed by atoms with E-state index in [-0.39, 0.29) is 11.2 Å². The second kappa shape index (κ2) is 9.47. The van der Waals surface area contributed by atoms with Crippen LogP contribution in [0.1, 0.15) is 12.5 Å². The molecule has 1 amide bonds. The Labute approximate surface area is 174 Å². The molecule has 3 aromatic rings. The van der Waals surface area contributed by atoms with Gasteiger partial charge in [0.1, 0.15) is 11.5 Å². The Balaban J connectivity index is 1.67. The predicted octanol–water partition coefficient (Wildman–Crippen LogP) is 3.89. The number of aromatic nitrogens is 2. The maximum absolute atomic E-state index is 12.7. The zero-order chi connectivity index (χ0) is 20.8. The molecule has 0 aliphatic carbocycles. The van der Waals surface area contributed by atoms with Crippen LogP contribution in [-0.2, 0) is 11.3 Å². The molecule has 0 N–H and O–H groups in total. The van der Waals surface area contributed by atoms with Gasteiger partial charge in [0.05, 0.1) is 25.0 Å². The molecule has 0 fully saturated rings. The Morgan fingerprint density at radius 3 is 2.59 bits per heavy atom. The van der Waals surface area contributed by atoms with Crippen LogP contribution >= 0.6 is 11.8 Å². The van der Waals surface area contributed by atoms with Gasteiger partial charge in [-0.15, -0.1) is 10.2 Å². The Hall–Kier alpha value is -3.00. The lowest BCUT2D eigenvalue weighted by molar-refractivity contribution is -0.129. The van der Waals surface area contributed by atoms with Gasteiger partial charge in [-0.3, -0.25) is 4.79 Å². The average molecular weight is 413 g/mol. The molecule has 2 aromatic carbocycles. The first kappa shape index (κ1) is 20.7. The van der Waals surface area contributed by atoms with Crippen molar-refractivity contribution in [2.45, 2.75) is 23.9 Å². The van der Waals surface area contributed by atoms with Gasteiger partial charge < -0.3 is 18.8 Å². The number of methoxy groups -OCH3 is 2. The van der Waals surface area contributed by atoms with Crippen molar-refractivity contribution < 1.29 is 18.7 Å². The van der Waals surface area contributed by atoms with Crippen LogP contribution in [0.15, 0.2) is 58.2 Å². The minimum Gasteiger partial charge on any atom is -0.497 e. The molecule has 0 bridgehead atoms. The summed E-state index contributed by atoms with van der Waals surface area (Å²) >= 11 is 1.23. The first-order valence-electron chi connectivity index (χ1n) is 9.03. The molecule has 1 aromatic heterocycles. The van der Waals surface area contributed by atoms with Gasteiger partial charge >= 0.3 is 0 Å². The van der Waals surface area contributed by atoms with Crippen molar-refractivity contribution in [3.05, 3.63) is 54.1 Å². The molecule has 8 heteroatoms. The topological polar surface area (TPSA) is 77.7 Å². The molecule has 1 heterocycles. The van der Waals surface area contributed by atoms with Crippen LogP contribution in [0.2, 0.25) is 0 Å². The summed E-state index contributed by atoms with van der Waals surface area (Å²) in [5.74, 6) is 1.54. The van der Waals surface area contributed by atoms with E-state index in [9.17, 15) is 4.79 Å². The first-order valence-corrected chi connectivity index (χ1v) is 9.91. The van der Waals surface area contributed by atoms with Gasteiger partial charge in [0.25, 0.3) is 11.1 Å². The summed E-state index contributed by atoms with van der Waals surface area (Å²) in [5.41, 5.74) is 1.74. The molecule has 152 valence electrons. The zero-order valence-electron chi connectivity index (χ0n) is 16.8. The lowest BCUT2D eigenvalue weighted by atomic mass is 10.2. The van der Waals surface area contributed by atoms with Crippen LogP contribution in [0.4, 0.5) is 0 Å². The van der Waals surface area contributed by atoms with E-state index in [2.05, 4.69) is 10.2 Å². The molecule has 0 unspecified atom stereocenters. The number of thioether (sulfide) groups is 1. The van der Waals surface area contributed by atoms with Gasteiger partial charge in [-0.25, -0.2) is 0 Å². The number of hydrogen-bond acceptors (Lipinski definition) is 7. The van der Waals surface area contributed by atoms with Crippen molar-refractivity contribution in [2.75, 3.05) is 21.3 Å². The maximum atomic E-state index is 12.7. The monoisotopic (exact) mass is 413 g/mol. The lowest BCUT2D eigenvalue weighted by Gasteiger charge is -2.20. The summed E-state index contributed by atoms with van der Waals surface area (Å²) in [7, 11) is 4.94. The molecule has 0 saturated carbocycles. The lowest BCUT2D eigenvalue weighted by Crippen LogP contribution is -2.32. The Kier molecular flexibility index (Phi) is 6.77. The summed E-state index contributed by atoms with van der Waals surface area (Å²) < 4.78 is 16.3. The molecule has 3 rings (SSSR count). The normalized spacial score (nSPS) is 11.7. The van der Waals surface area contributed by atoms with E-state index in [4.69, 9.17) is 13.9 Å². The number of hydrogen-bond donors (Lipinski definition) is 0. The summed E-state index contributed by atoms with van der Waals surface area (Å²) in [4.78, 5) is 14.4. The van der Waals surface area contributed by atoms with E-state index < -0.39 is 0 Å². The highest BCUT2D eigenvalue weighted by Gasteiger charge is 2.22. The van der Waals surface area contributed by atoms with Gasteiger partial charge in [-0.05, 0) is 24.6 Å². The highest BCUT2D eigenvalue weighted by atomic mass is 32.2. The van der Waals surface area contributed by atoms with Crippen molar-refractivity contribution in [1.29, 1.82) is 0 Å². The van der Waals surface area contributed by atoms with Crippen LogP contribution in [0.3, 0.4) is 0 Å². The molecular weight excluding hydrogens is 390 g/mol. The van der Waals surface area contributed by atoms with Crippen LogP contribution in [0.25, 0.3) is 11.5 Å². The molecule has 0 aliphatic heterocycles. The van der Waals surface area contributed by atoms with Crippen LogP contribution in [0, 0.1) is 0 Å². The van der Waals surface area contributed by atoms with E-state index in [1.165, 1.54) is 11.8 Å². The third-order valence-electron chi connectivity index (χ3n) is 4.31. The molecular formula is C21H23N3O4S. The molecule has 1 atom stereocenters. The van der Waals surface area contributed by atoms with Gasteiger partial charge in [0, 0.05) is 19.7 Å². The fraction of sp³-hybridized carbons (Fsp3) is 0.286. The van der Waals surface area contributed by atoms with Crippen LogP contribution < -0.4 is 9.47 Å². The summed E-state index contributed by atoms with van der Waals surface area (Å²) in [6.45, 7) is 2.37. The number of amides is 1. The van der Waals surface area contributed by atoms with Crippen molar-refractivity contribution in [1.82, 2.24) is 15.1 Å². The van der Waals surface area contributed by atoms with E-state index >= 15 is 0 Å². The van der Waals surface area contributed by atoms with Crippen molar-refractivity contribution in [2.24, 2.45) is 0 Å². The van der Waals surface area contributed by atoms with Crippen molar-refractivity contribution >= 4 is 17.7 Å². The maximum Gasteiger partial charge on any atom is 0.277 e. The van der Waals surface area contributed by atoms with E-state index in [0.29, 0.717) is 34.7 Å². The number of rotatable bonds is 8. The third-order valence-corrected chi connectivity index (χ3v) is 5.23. The van der Waals surface area contributed by atoms with Crippen molar-refractivity contribution in [3.63, 3.8) is 0 Å². The summed E-state index contributed by atoms with van der Waals surface area (Å²) in [6.07, 6.45) is 0. The Morgan fingerprint density at radius 1 is 1.14 bits per heavy atom. The van der Waals surface area contributed by atoms with Gasteiger partial charge in [-0.1, -0.05) is 42.1 Å². The molecule has 7 nitrogen and oxygen atoms in total. The number of carbonyl (C=O) groups excluding carboxylic acids is 1. The number of ether oxygens (including phenoxy) is 2. The largest absolute Gasteiger partial charge is 0.497 e. The smallest absolute Gasteiger partial charge is 0.277 e. The van der Waals surface area contributed by atoms with Crippen molar-refractivity contribution in [3.8, 4) is 23.0 Å². The van der Waals surface area contributed by atoms with E-state index in [1.807, 2.05) is 37.3 Å². The standard InChI is InChI=1S/C21H23N3O4S/c1-14(20(25)24(2)13-15-8-6-5-7-9-15)29-21-23-22-19(28-21)17-11-10-16(26-3)12-18(17)27-4/h5-12,14H,13H2,1-4H3/t14-/m1/s1. The molecule has 0 radical (unpaired) electrons. The minimum absolute atomic E-state index is 0.0133. The van der Waals surface area contributed by atoms with E-state index in [0.717, 1.165) is 5.56 Å². The number of nitrogens with zero attached hydrogens (tertiary/aromatic N) is 3. The quantitative estimate of drug-likeness (QED) is 0.518. The fourth-order valence-electron chi connectivity index (χ4n) is 2.79. The van der Waals surface area contributed by atoms with Gasteiger partial charge in [-0.2, -0.15) is 0 Å². The second-order valence-electron chi connectivity index (χ2n) is 6.38. The molecule has 0 spiro atoms. The first-order chi connectivity index (χ1) is 14.0. The molecule has 0 aliphatic rings. The number of carbonyl (C=O) groups is 1. The van der Waals surface area contributed by atoms with Gasteiger partial charge in [0.2, 0.25) is 5.91 Å². The van der Waals surface area contributed by atoms with Crippen LogP contribution in [-0.4, -0.2) is 47.5 Å². The average Bonchev–Trinajstić information content (AvgIpc) is 3.21. The van der Waals surface area contributed by atoms with Crippen LogP contribution in [0.5, 0.6) is 11.5 Å². The van der Waals surface area contributed by atoms with E-state index in [1.54, 1.807) is 44.4 Å². The number of benzene rings is 2. The molecule has 0 saturated heterocycles. The third kappa shape index (κ3) is 5.08. The predicted molar refractivity (Wildman–Crippen MR) is 111 cm³/mol. The Morgan fingerprint density at radius 2 is 1.90 bits per heavy atom. The molecule has 29 heavy (non-hydrogen) atoms. The highest BCUT2D eigenvalue weighted by molar-refractivity contribution is 8.00. The zero-order valence-corrected chi connectivity index (χ0v) is 17.6. The summed E-state index contributed by atoms with van der Waals surface area (Å²) in [5, 5.41) is 8.12. The Bertz CT molecular complexity index is 962. The minimum atomic E-state index is -0.366. The SMILES string of the molecule is COc1ccc(-c2nnc(S[C@H](C)C(=O)N(C)Cc3ccccc3)o2)c(OC)c1. The summed E-state index contributed by atoms with van der Waals surface area (Å²) in [6, 6.07) is 15.2. The highest BCUT2D eigenvalue weighted by Crippen LogP contribution is 2.34. The fourth-order valence-corrected chi connectivity index (χ4v) is 3.59. The second-order valence-corrected chi connectivity index (χ2v) is 7.67.